The third kappa shape index (κ3) is 2.87. The maximum atomic E-state index is 11.9. The Morgan fingerprint density at radius 1 is 1.58 bits per heavy atom. The Hall–Kier alpha value is -2.02. The average molecular weight is 278 g/mol. The first-order valence-electron chi connectivity index (χ1n) is 5.80. The minimum atomic E-state index is -0.463. The van der Waals surface area contributed by atoms with Crippen molar-refractivity contribution in [3.63, 3.8) is 0 Å². The molecule has 0 bridgehead atoms. The fourth-order valence-electron chi connectivity index (χ4n) is 1.86. The molecule has 19 heavy (non-hydrogen) atoms. The number of likely N-dealkylation sites (tertiary alicyclic amines) is 1. The number of thiocarbonyl (C=S) groups is 1. The summed E-state index contributed by atoms with van der Waals surface area (Å²) >= 11 is 4.80. The van der Waals surface area contributed by atoms with Crippen LogP contribution in [0.25, 0.3) is 0 Å². The number of aromatic nitrogens is 1. The smallest absolute Gasteiger partial charge is 0.270 e. The molecule has 1 unspecified atom stereocenters. The molecule has 0 spiro atoms. The lowest BCUT2D eigenvalue weighted by molar-refractivity contribution is -0.128. The molecule has 2 heterocycles. The topological polar surface area (TPSA) is 88.3 Å². The number of carbonyl (C=O) groups excluding carboxylic acids is 2. The first-order valence-corrected chi connectivity index (χ1v) is 6.21. The van der Waals surface area contributed by atoms with Crippen molar-refractivity contribution in [1.29, 1.82) is 0 Å². The van der Waals surface area contributed by atoms with Gasteiger partial charge in [0.15, 0.2) is 0 Å². The van der Waals surface area contributed by atoms with Crippen molar-refractivity contribution >= 4 is 29.0 Å². The number of likely N-dealkylation sites (N-methyl/N-ethyl adjacent to an activating group) is 1. The number of nitrogens with one attached hydrogen (secondary N) is 1. The van der Waals surface area contributed by atoms with Crippen LogP contribution in [0, 0.1) is 0 Å². The second kappa shape index (κ2) is 5.31. The summed E-state index contributed by atoms with van der Waals surface area (Å²) in [7, 11) is 1.71. The number of carbonyl (C=O) groups is 2. The van der Waals surface area contributed by atoms with Crippen LogP contribution >= 0.6 is 12.2 Å². The largest absolute Gasteiger partial charge is 0.389 e. The molecule has 0 aliphatic carbocycles. The van der Waals surface area contributed by atoms with Gasteiger partial charge in [0.2, 0.25) is 5.91 Å². The summed E-state index contributed by atoms with van der Waals surface area (Å²) in [5, 5.41) is 2.67. The molecule has 1 aromatic rings. The van der Waals surface area contributed by atoms with Gasteiger partial charge in [-0.05, 0) is 18.6 Å². The van der Waals surface area contributed by atoms with Gasteiger partial charge < -0.3 is 16.0 Å². The molecule has 3 N–H and O–H groups in total. The van der Waals surface area contributed by atoms with Crippen molar-refractivity contribution in [2.75, 3.05) is 13.6 Å². The van der Waals surface area contributed by atoms with E-state index >= 15 is 0 Å². The van der Waals surface area contributed by atoms with E-state index in [-0.39, 0.29) is 22.5 Å². The van der Waals surface area contributed by atoms with Crippen molar-refractivity contribution in [3.05, 3.63) is 29.6 Å². The van der Waals surface area contributed by atoms with Gasteiger partial charge in [-0.25, -0.2) is 0 Å². The second-order valence-electron chi connectivity index (χ2n) is 4.37. The molecule has 1 atom stereocenters. The summed E-state index contributed by atoms with van der Waals surface area (Å²) < 4.78 is 0. The Bertz CT molecular complexity index is 529. The molecule has 1 saturated heterocycles. The zero-order chi connectivity index (χ0) is 14.0. The normalized spacial score (nSPS) is 18.5. The molecule has 1 fully saturated rings. The molecule has 100 valence electrons. The highest BCUT2D eigenvalue weighted by Gasteiger charge is 2.30. The molecule has 1 aromatic heterocycles. The first kappa shape index (κ1) is 13.4. The van der Waals surface area contributed by atoms with Crippen LogP contribution in [0.2, 0.25) is 0 Å². The van der Waals surface area contributed by atoms with Crippen LogP contribution in [0.15, 0.2) is 18.3 Å². The van der Waals surface area contributed by atoms with Gasteiger partial charge in [-0.15, -0.1) is 0 Å². The van der Waals surface area contributed by atoms with Crippen molar-refractivity contribution in [1.82, 2.24) is 15.2 Å². The minimum Gasteiger partial charge on any atom is -0.389 e. The molecule has 0 radical (unpaired) electrons. The van der Waals surface area contributed by atoms with E-state index < -0.39 is 6.04 Å². The number of hydrogen-bond donors (Lipinski definition) is 2. The Kier molecular flexibility index (Phi) is 3.75. The number of pyridine rings is 1. The van der Waals surface area contributed by atoms with E-state index in [9.17, 15) is 9.59 Å². The fourth-order valence-corrected chi connectivity index (χ4v) is 1.98. The van der Waals surface area contributed by atoms with Crippen molar-refractivity contribution < 1.29 is 9.59 Å². The quantitative estimate of drug-likeness (QED) is 0.740. The molecule has 1 aliphatic heterocycles. The molecule has 6 nitrogen and oxygen atoms in total. The third-order valence-electron chi connectivity index (χ3n) is 3.01. The number of nitrogens with zero attached hydrogens (tertiary/aromatic N) is 2. The predicted octanol–water partition coefficient (Wildman–Crippen LogP) is -0.324. The number of nitrogens with two attached hydrogens (primary N) is 1. The maximum absolute atomic E-state index is 11.9. The number of hydrogen-bond acceptors (Lipinski definition) is 4. The van der Waals surface area contributed by atoms with Gasteiger partial charge in [-0.1, -0.05) is 12.2 Å². The summed E-state index contributed by atoms with van der Waals surface area (Å²) in [6, 6.07) is 2.70. The second-order valence-corrected chi connectivity index (χ2v) is 4.81. The van der Waals surface area contributed by atoms with Crippen LogP contribution in [0.3, 0.4) is 0 Å². The van der Waals surface area contributed by atoms with Gasteiger partial charge >= 0.3 is 0 Å². The van der Waals surface area contributed by atoms with E-state index in [4.69, 9.17) is 18.0 Å². The summed E-state index contributed by atoms with van der Waals surface area (Å²) in [6.45, 7) is 0.650. The van der Waals surface area contributed by atoms with Crippen LogP contribution in [-0.4, -0.2) is 46.3 Å². The SMILES string of the molecule is CN1CCC(NC(=O)c2ccc(C(N)=S)cn2)C1=O. The molecule has 0 saturated carbocycles. The summed E-state index contributed by atoms with van der Waals surface area (Å²) in [6.07, 6.45) is 2.06. The Balaban J connectivity index is 2.04. The third-order valence-corrected chi connectivity index (χ3v) is 3.25. The highest BCUT2D eigenvalue weighted by molar-refractivity contribution is 7.80. The first-order chi connectivity index (χ1) is 8.99. The Labute approximate surface area is 116 Å². The Morgan fingerprint density at radius 3 is 2.79 bits per heavy atom. The molecular weight excluding hydrogens is 264 g/mol. The molecule has 2 rings (SSSR count). The standard InChI is InChI=1S/C12H14N4O2S/c1-16-5-4-9(12(16)18)15-11(17)8-3-2-7(6-14-8)10(13)19/h2-3,6,9H,4-5H2,1H3,(H2,13,19)(H,15,17). The van der Waals surface area contributed by atoms with E-state index in [0.29, 0.717) is 18.5 Å². The highest BCUT2D eigenvalue weighted by Crippen LogP contribution is 2.09. The summed E-state index contributed by atoms with van der Waals surface area (Å²) in [5.74, 6) is -0.448. The van der Waals surface area contributed by atoms with E-state index in [1.54, 1.807) is 18.0 Å². The highest BCUT2D eigenvalue weighted by atomic mass is 32.1. The molecule has 2 amide bonds. The van der Waals surface area contributed by atoms with Crippen LogP contribution in [-0.2, 0) is 4.79 Å². The molecule has 0 aromatic carbocycles. The van der Waals surface area contributed by atoms with Crippen LogP contribution < -0.4 is 11.1 Å². The van der Waals surface area contributed by atoms with E-state index in [2.05, 4.69) is 10.3 Å². The number of amides is 2. The minimum absolute atomic E-state index is 0.0758. The fraction of sp³-hybridized carbons (Fsp3) is 0.333. The molecule has 7 heteroatoms. The van der Waals surface area contributed by atoms with Crippen molar-refractivity contribution in [3.8, 4) is 0 Å². The summed E-state index contributed by atoms with van der Waals surface area (Å²) in [4.78, 5) is 29.4. The van der Waals surface area contributed by atoms with Crippen LogP contribution in [0.5, 0.6) is 0 Å². The van der Waals surface area contributed by atoms with Crippen molar-refractivity contribution in [2.45, 2.75) is 12.5 Å². The van der Waals surface area contributed by atoms with E-state index in [0.717, 1.165) is 0 Å². The zero-order valence-electron chi connectivity index (χ0n) is 10.4. The lowest BCUT2D eigenvalue weighted by Crippen LogP contribution is -2.40. The van der Waals surface area contributed by atoms with Gasteiger partial charge in [-0.3, -0.25) is 14.6 Å². The average Bonchev–Trinajstić information content (AvgIpc) is 2.71. The monoisotopic (exact) mass is 278 g/mol. The van der Waals surface area contributed by atoms with E-state index in [1.807, 2.05) is 0 Å². The van der Waals surface area contributed by atoms with Gasteiger partial charge in [0.1, 0.15) is 16.7 Å². The summed E-state index contributed by atoms with van der Waals surface area (Å²) in [5.41, 5.74) is 6.28. The number of rotatable bonds is 3. The Morgan fingerprint density at radius 2 is 2.32 bits per heavy atom. The van der Waals surface area contributed by atoms with Gasteiger partial charge in [0.05, 0.1) is 0 Å². The van der Waals surface area contributed by atoms with Gasteiger partial charge in [-0.2, -0.15) is 0 Å². The van der Waals surface area contributed by atoms with Crippen LogP contribution in [0.4, 0.5) is 0 Å². The molecular formula is C12H14N4O2S. The van der Waals surface area contributed by atoms with Crippen LogP contribution in [0.1, 0.15) is 22.5 Å². The van der Waals surface area contributed by atoms with E-state index in [1.165, 1.54) is 12.3 Å². The molecule has 1 aliphatic rings. The predicted molar refractivity (Wildman–Crippen MR) is 73.6 cm³/mol. The van der Waals surface area contributed by atoms with Crippen molar-refractivity contribution in [2.24, 2.45) is 5.73 Å². The van der Waals surface area contributed by atoms with Gasteiger partial charge in [0.25, 0.3) is 5.91 Å². The zero-order valence-corrected chi connectivity index (χ0v) is 11.2. The van der Waals surface area contributed by atoms with Gasteiger partial charge in [0, 0.05) is 25.4 Å². The lowest BCUT2D eigenvalue weighted by Gasteiger charge is -2.11. The maximum Gasteiger partial charge on any atom is 0.270 e. The lowest BCUT2D eigenvalue weighted by atomic mass is 10.2.